The van der Waals surface area contributed by atoms with Gasteiger partial charge in [0.1, 0.15) is 0 Å². The SMILES string of the molecule is CCNC(=NCCCCN(CC)CC)NC1CCC(C)CC1. The number of rotatable bonds is 9. The first kappa shape index (κ1) is 19.3. The van der Waals surface area contributed by atoms with Gasteiger partial charge in [0, 0.05) is 19.1 Å². The van der Waals surface area contributed by atoms with E-state index in [1.165, 1.54) is 45.1 Å². The van der Waals surface area contributed by atoms with E-state index in [0.717, 1.165) is 38.1 Å². The molecule has 4 nitrogen and oxygen atoms in total. The molecule has 1 aliphatic rings. The summed E-state index contributed by atoms with van der Waals surface area (Å²) in [7, 11) is 0. The van der Waals surface area contributed by atoms with Crippen molar-refractivity contribution in [2.75, 3.05) is 32.7 Å². The third-order valence-electron chi connectivity index (χ3n) is 4.75. The van der Waals surface area contributed by atoms with Crippen molar-refractivity contribution in [1.82, 2.24) is 15.5 Å². The number of nitrogens with one attached hydrogen (secondary N) is 2. The van der Waals surface area contributed by atoms with Crippen LogP contribution >= 0.6 is 0 Å². The van der Waals surface area contributed by atoms with E-state index in [2.05, 4.69) is 43.2 Å². The molecule has 0 radical (unpaired) electrons. The van der Waals surface area contributed by atoms with Gasteiger partial charge in [-0.2, -0.15) is 0 Å². The highest BCUT2D eigenvalue weighted by Crippen LogP contribution is 2.23. The first-order valence-electron chi connectivity index (χ1n) is 9.46. The molecule has 0 spiro atoms. The van der Waals surface area contributed by atoms with Crippen molar-refractivity contribution in [3.05, 3.63) is 0 Å². The molecule has 0 aromatic carbocycles. The molecule has 22 heavy (non-hydrogen) atoms. The van der Waals surface area contributed by atoms with E-state index < -0.39 is 0 Å². The molecule has 1 rings (SSSR count). The molecule has 130 valence electrons. The highest BCUT2D eigenvalue weighted by molar-refractivity contribution is 5.80. The van der Waals surface area contributed by atoms with Crippen LogP contribution in [0, 0.1) is 5.92 Å². The second-order valence-corrected chi connectivity index (χ2v) is 6.60. The predicted octanol–water partition coefficient (Wildman–Crippen LogP) is 3.24. The molecule has 1 fully saturated rings. The van der Waals surface area contributed by atoms with Gasteiger partial charge in [-0.25, -0.2) is 0 Å². The van der Waals surface area contributed by atoms with Crippen LogP contribution in [0.2, 0.25) is 0 Å². The fourth-order valence-corrected chi connectivity index (χ4v) is 3.10. The molecule has 1 aliphatic carbocycles. The average Bonchev–Trinajstić information content (AvgIpc) is 2.53. The summed E-state index contributed by atoms with van der Waals surface area (Å²) in [6.45, 7) is 14.4. The Labute approximate surface area is 138 Å². The Morgan fingerprint density at radius 3 is 2.32 bits per heavy atom. The van der Waals surface area contributed by atoms with Crippen LogP contribution in [0.4, 0.5) is 0 Å². The Kier molecular flexibility index (Phi) is 10.3. The van der Waals surface area contributed by atoms with Gasteiger partial charge in [0.25, 0.3) is 0 Å². The van der Waals surface area contributed by atoms with E-state index in [-0.39, 0.29) is 0 Å². The minimum absolute atomic E-state index is 0.615. The lowest BCUT2D eigenvalue weighted by Gasteiger charge is -2.28. The number of unbranched alkanes of at least 4 members (excludes halogenated alkanes) is 1. The third-order valence-corrected chi connectivity index (χ3v) is 4.75. The van der Waals surface area contributed by atoms with Crippen LogP contribution in [-0.2, 0) is 0 Å². The molecule has 0 aliphatic heterocycles. The van der Waals surface area contributed by atoms with Crippen molar-refractivity contribution in [2.24, 2.45) is 10.9 Å². The third kappa shape index (κ3) is 8.02. The van der Waals surface area contributed by atoms with E-state index in [9.17, 15) is 0 Å². The molecular weight excluding hydrogens is 272 g/mol. The lowest BCUT2D eigenvalue weighted by atomic mass is 9.87. The minimum Gasteiger partial charge on any atom is -0.357 e. The molecule has 1 saturated carbocycles. The van der Waals surface area contributed by atoms with Crippen molar-refractivity contribution in [3.63, 3.8) is 0 Å². The van der Waals surface area contributed by atoms with Crippen molar-refractivity contribution < 1.29 is 0 Å². The van der Waals surface area contributed by atoms with Crippen LogP contribution in [0.25, 0.3) is 0 Å². The maximum atomic E-state index is 4.75. The first-order chi connectivity index (χ1) is 10.7. The van der Waals surface area contributed by atoms with E-state index >= 15 is 0 Å². The van der Waals surface area contributed by atoms with Gasteiger partial charge in [-0.3, -0.25) is 4.99 Å². The number of guanidine groups is 1. The van der Waals surface area contributed by atoms with E-state index in [0.29, 0.717) is 6.04 Å². The Bertz CT molecular complexity index is 291. The van der Waals surface area contributed by atoms with Crippen molar-refractivity contribution in [3.8, 4) is 0 Å². The number of hydrogen-bond donors (Lipinski definition) is 2. The topological polar surface area (TPSA) is 39.7 Å². The average molecular weight is 311 g/mol. The lowest BCUT2D eigenvalue weighted by molar-refractivity contribution is 0.297. The van der Waals surface area contributed by atoms with E-state index in [1.807, 2.05) is 0 Å². The molecular formula is C18H38N4. The van der Waals surface area contributed by atoms with Gasteiger partial charge >= 0.3 is 0 Å². The Balaban J connectivity index is 2.26. The van der Waals surface area contributed by atoms with E-state index in [1.54, 1.807) is 0 Å². The Morgan fingerprint density at radius 1 is 1.05 bits per heavy atom. The fraction of sp³-hybridized carbons (Fsp3) is 0.944. The van der Waals surface area contributed by atoms with Crippen molar-refractivity contribution in [1.29, 1.82) is 0 Å². The van der Waals surface area contributed by atoms with Gasteiger partial charge < -0.3 is 15.5 Å². The van der Waals surface area contributed by atoms with Gasteiger partial charge in [0.05, 0.1) is 0 Å². The number of nitrogens with zero attached hydrogens (tertiary/aromatic N) is 2. The summed E-state index contributed by atoms with van der Waals surface area (Å²) in [5.41, 5.74) is 0. The summed E-state index contributed by atoms with van der Waals surface area (Å²) in [6.07, 6.45) is 7.68. The molecule has 0 aromatic heterocycles. The summed E-state index contributed by atoms with van der Waals surface area (Å²) in [5.74, 6) is 1.92. The van der Waals surface area contributed by atoms with Gasteiger partial charge in [-0.15, -0.1) is 0 Å². The number of hydrogen-bond acceptors (Lipinski definition) is 2. The maximum Gasteiger partial charge on any atom is 0.191 e. The molecule has 0 atom stereocenters. The summed E-state index contributed by atoms with van der Waals surface area (Å²) < 4.78 is 0. The predicted molar refractivity (Wildman–Crippen MR) is 97.6 cm³/mol. The van der Waals surface area contributed by atoms with Crippen LogP contribution in [0.3, 0.4) is 0 Å². The summed E-state index contributed by atoms with van der Waals surface area (Å²) >= 11 is 0. The Morgan fingerprint density at radius 2 is 1.73 bits per heavy atom. The van der Waals surface area contributed by atoms with Gasteiger partial charge in [-0.1, -0.05) is 20.8 Å². The first-order valence-corrected chi connectivity index (χ1v) is 9.46. The van der Waals surface area contributed by atoms with Crippen LogP contribution in [0.1, 0.15) is 66.2 Å². The Hall–Kier alpha value is -0.770. The maximum absolute atomic E-state index is 4.75. The molecule has 0 bridgehead atoms. The van der Waals surface area contributed by atoms with Crippen LogP contribution < -0.4 is 10.6 Å². The summed E-state index contributed by atoms with van der Waals surface area (Å²) in [4.78, 5) is 7.23. The molecule has 2 N–H and O–H groups in total. The molecule has 0 amide bonds. The van der Waals surface area contributed by atoms with Gasteiger partial charge in [0.15, 0.2) is 5.96 Å². The number of aliphatic imine (C=N–C) groups is 1. The zero-order valence-electron chi connectivity index (χ0n) is 15.3. The van der Waals surface area contributed by atoms with Crippen molar-refractivity contribution in [2.45, 2.75) is 72.3 Å². The normalized spacial score (nSPS) is 22.9. The monoisotopic (exact) mass is 310 g/mol. The van der Waals surface area contributed by atoms with Crippen LogP contribution in [-0.4, -0.2) is 49.6 Å². The van der Waals surface area contributed by atoms with Crippen LogP contribution in [0.15, 0.2) is 4.99 Å². The molecule has 0 saturated heterocycles. The highest BCUT2D eigenvalue weighted by Gasteiger charge is 2.18. The fourth-order valence-electron chi connectivity index (χ4n) is 3.10. The molecule has 0 aromatic rings. The standard InChI is InChI=1S/C18H38N4/c1-5-19-18(21-17-12-10-16(4)11-13-17)20-14-8-9-15-22(6-2)7-3/h16-17H,5-15H2,1-4H3,(H2,19,20,21). The summed E-state index contributed by atoms with van der Waals surface area (Å²) in [5, 5.41) is 7.02. The molecule has 4 heteroatoms. The second kappa shape index (κ2) is 11.8. The van der Waals surface area contributed by atoms with Gasteiger partial charge in [0.2, 0.25) is 0 Å². The minimum atomic E-state index is 0.615. The zero-order valence-corrected chi connectivity index (χ0v) is 15.3. The summed E-state index contributed by atoms with van der Waals surface area (Å²) in [6, 6.07) is 0.615. The lowest BCUT2D eigenvalue weighted by Crippen LogP contribution is -2.44. The zero-order chi connectivity index (χ0) is 16.2. The van der Waals surface area contributed by atoms with Gasteiger partial charge in [-0.05, 0) is 71.0 Å². The highest BCUT2D eigenvalue weighted by atomic mass is 15.2. The smallest absolute Gasteiger partial charge is 0.191 e. The molecule has 0 unspecified atom stereocenters. The van der Waals surface area contributed by atoms with E-state index in [4.69, 9.17) is 4.99 Å². The van der Waals surface area contributed by atoms with Crippen molar-refractivity contribution >= 4 is 5.96 Å². The quantitative estimate of drug-likeness (QED) is 0.390. The van der Waals surface area contributed by atoms with Crippen LogP contribution in [0.5, 0.6) is 0 Å². The largest absolute Gasteiger partial charge is 0.357 e. The molecule has 0 heterocycles. The second-order valence-electron chi connectivity index (χ2n) is 6.60.